The van der Waals surface area contributed by atoms with E-state index in [-0.39, 0.29) is 5.97 Å². The summed E-state index contributed by atoms with van der Waals surface area (Å²) in [5.74, 6) is 0.486. The predicted molar refractivity (Wildman–Crippen MR) is 107 cm³/mol. The average molecular weight is 375 g/mol. The highest BCUT2D eigenvalue weighted by Gasteiger charge is 2.17. The van der Waals surface area contributed by atoms with Crippen LogP contribution in [0.3, 0.4) is 0 Å². The lowest BCUT2D eigenvalue weighted by Gasteiger charge is -2.18. The summed E-state index contributed by atoms with van der Waals surface area (Å²) in [5, 5.41) is 4.22. The van der Waals surface area contributed by atoms with Crippen LogP contribution < -0.4 is 5.32 Å². The fraction of sp³-hybridized carbons (Fsp3) is 0.0952. The normalized spacial score (nSPS) is 12.2. The molecule has 2 aromatic carbocycles. The molecule has 134 valence electrons. The minimum absolute atomic E-state index is 0.297. The van der Waals surface area contributed by atoms with E-state index in [0.717, 1.165) is 32.6 Å². The maximum atomic E-state index is 11.7. The Morgan fingerprint density at radius 3 is 2.63 bits per heavy atom. The predicted octanol–water partition coefficient (Wildman–Crippen LogP) is 5.03. The van der Waals surface area contributed by atoms with E-state index in [1.807, 2.05) is 24.3 Å². The number of carbonyl (C=O) groups excluding carboxylic acids is 1. The summed E-state index contributed by atoms with van der Waals surface area (Å²) < 4.78 is 5.00. The van der Waals surface area contributed by atoms with Crippen LogP contribution in [0.1, 0.15) is 28.4 Å². The van der Waals surface area contributed by atoms with Gasteiger partial charge in [0.15, 0.2) is 5.82 Å². The van der Waals surface area contributed by atoms with Crippen molar-refractivity contribution < 1.29 is 9.53 Å². The Labute approximate surface area is 161 Å². The van der Waals surface area contributed by atoms with E-state index in [9.17, 15) is 4.79 Å². The molecule has 0 saturated heterocycles. The zero-order valence-electron chi connectivity index (χ0n) is 14.7. The number of fused-ring (bicyclic) bond motifs is 2. The largest absolute Gasteiger partial charge is 0.462 e. The number of rotatable bonds is 4. The maximum Gasteiger partial charge on any atom is 0.338 e. The van der Waals surface area contributed by atoms with Gasteiger partial charge in [0.1, 0.15) is 5.03 Å². The fourth-order valence-corrected chi connectivity index (χ4v) is 3.57. The number of anilines is 2. The maximum absolute atomic E-state index is 11.7. The van der Waals surface area contributed by atoms with Crippen molar-refractivity contribution in [3.63, 3.8) is 0 Å². The third-order valence-electron chi connectivity index (χ3n) is 4.02. The van der Waals surface area contributed by atoms with Crippen LogP contribution in [-0.4, -0.2) is 22.5 Å². The minimum Gasteiger partial charge on any atom is -0.462 e. The Balaban J connectivity index is 1.50. The Hall–Kier alpha value is -3.12. The summed E-state index contributed by atoms with van der Waals surface area (Å²) in [7, 11) is 0. The van der Waals surface area contributed by atoms with Gasteiger partial charge in [0.05, 0.1) is 17.9 Å². The SMILES string of the molecule is CCOC(=O)c1ccc(/C=C/c2ccc3c(c2)Nc2nccnc2S3)cc1. The number of carbonyl (C=O) groups is 1. The lowest BCUT2D eigenvalue weighted by molar-refractivity contribution is 0.0526. The molecule has 0 fully saturated rings. The van der Waals surface area contributed by atoms with Crippen LogP contribution in [-0.2, 0) is 4.74 Å². The van der Waals surface area contributed by atoms with Crippen molar-refractivity contribution in [3.05, 3.63) is 71.5 Å². The van der Waals surface area contributed by atoms with E-state index in [0.29, 0.717) is 12.2 Å². The Kier molecular flexibility index (Phi) is 4.89. The molecule has 0 atom stereocenters. The summed E-state index contributed by atoms with van der Waals surface area (Å²) in [6.07, 6.45) is 7.43. The van der Waals surface area contributed by atoms with E-state index >= 15 is 0 Å². The highest BCUT2D eigenvalue weighted by molar-refractivity contribution is 7.99. The van der Waals surface area contributed by atoms with Gasteiger partial charge in [0, 0.05) is 17.3 Å². The topological polar surface area (TPSA) is 64.1 Å². The first kappa shape index (κ1) is 17.3. The zero-order chi connectivity index (χ0) is 18.6. The molecular formula is C21H17N3O2S. The van der Waals surface area contributed by atoms with E-state index in [1.165, 1.54) is 0 Å². The zero-order valence-corrected chi connectivity index (χ0v) is 15.5. The summed E-state index contributed by atoms with van der Waals surface area (Å²) in [6, 6.07) is 13.6. The first-order chi connectivity index (χ1) is 13.2. The third kappa shape index (κ3) is 3.85. The molecule has 5 nitrogen and oxygen atoms in total. The molecule has 1 aliphatic heterocycles. The number of hydrogen-bond acceptors (Lipinski definition) is 6. The average Bonchev–Trinajstić information content (AvgIpc) is 2.71. The number of benzene rings is 2. The molecule has 0 bridgehead atoms. The van der Waals surface area contributed by atoms with Crippen LogP contribution in [0.4, 0.5) is 11.5 Å². The monoisotopic (exact) mass is 375 g/mol. The van der Waals surface area contributed by atoms with Crippen LogP contribution in [0.25, 0.3) is 12.2 Å². The van der Waals surface area contributed by atoms with Crippen molar-refractivity contribution >= 4 is 41.4 Å². The molecule has 1 aliphatic rings. The van der Waals surface area contributed by atoms with Crippen LogP contribution in [0.2, 0.25) is 0 Å². The number of nitrogens with zero attached hydrogens (tertiary/aromatic N) is 2. The molecule has 2 heterocycles. The van der Waals surface area contributed by atoms with Gasteiger partial charge < -0.3 is 10.1 Å². The lowest BCUT2D eigenvalue weighted by atomic mass is 10.1. The molecular weight excluding hydrogens is 358 g/mol. The van der Waals surface area contributed by atoms with E-state index < -0.39 is 0 Å². The van der Waals surface area contributed by atoms with Crippen molar-refractivity contribution in [2.75, 3.05) is 11.9 Å². The Bertz CT molecular complexity index is 1020. The van der Waals surface area contributed by atoms with Crippen molar-refractivity contribution in [2.45, 2.75) is 16.8 Å². The standard InChI is InChI=1S/C21H17N3O2S/c1-2-26-21(25)16-8-5-14(6-9-16)3-4-15-7-10-18-17(13-15)24-19-20(27-18)23-12-11-22-19/h3-13H,2H2,1H3,(H,22,24)/b4-3+. The summed E-state index contributed by atoms with van der Waals surface area (Å²) in [5.41, 5.74) is 3.67. The Morgan fingerprint density at radius 2 is 1.81 bits per heavy atom. The van der Waals surface area contributed by atoms with E-state index in [2.05, 4.69) is 33.5 Å². The van der Waals surface area contributed by atoms with Gasteiger partial charge in [-0.1, -0.05) is 42.1 Å². The highest BCUT2D eigenvalue weighted by atomic mass is 32.2. The second-order valence-corrected chi connectivity index (χ2v) is 6.90. The van der Waals surface area contributed by atoms with Gasteiger partial charge in [-0.2, -0.15) is 0 Å². The number of aromatic nitrogens is 2. The van der Waals surface area contributed by atoms with Crippen LogP contribution in [0.5, 0.6) is 0 Å². The smallest absolute Gasteiger partial charge is 0.338 e. The van der Waals surface area contributed by atoms with Crippen molar-refractivity contribution in [1.29, 1.82) is 0 Å². The lowest BCUT2D eigenvalue weighted by Crippen LogP contribution is -2.04. The molecule has 0 radical (unpaired) electrons. The van der Waals surface area contributed by atoms with Crippen molar-refractivity contribution in [1.82, 2.24) is 9.97 Å². The molecule has 4 rings (SSSR count). The molecule has 0 spiro atoms. The molecule has 0 saturated carbocycles. The summed E-state index contributed by atoms with van der Waals surface area (Å²) in [6.45, 7) is 2.17. The molecule has 1 N–H and O–H groups in total. The molecule has 3 aromatic rings. The summed E-state index contributed by atoms with van der Waals surface area (Å²) >= 11 is 1.61. The molecule has 6 heteroatoms. The second-order valence-electron chi connectivity index (χ2n) is 5.87. The van der Waals surface area contributed by atoms with Crippen LogP contribution in [0.15, 0.2) is 64.8 Å². The Morgan fingerprint density at radius 1 is 1.07 bits per heavy atom. The highest BCUT2D eigenvalue weighted by Crippen LogP contribution is 2.42. The van der Waals surface area contributed by atoms with Crippen LogP contribution in [0, 0.1) is 0 Å². The number of nitrogens with one attached hydrogen (secondary N) is 1. The van der Waals surface area contributed by atoms with Crippen LogP contribution >= 0.6 is 11.8 Å². The number of hydrogen-bond donors (Lipinski definition) is 1. The van der Waals surface area contributed by atoms with Gasteiger partial charge in [-0.05, 0) is 42.3 Å². The van der Waals surface area contributed by atoms with Gasteiger partial charge in [-0.15, -0.1) is 0 Å². The third-order valence-corrected chi connectivity index (χ3v) is 5.09. The van der Waals surface area contributed by atoms with Crippen molar-refractivity contribution in [3.8, 4) is 0 Å². The second kappa shape index (κ2) is 7.63. The summed E-state index contributed by atoms with van der Waals surface area (Å²) in [4.78, 5) is 21.5. The van der Waals surface area contributed by atoms with Gasteiger partial charge in [0.25, 0.3) is 0 Å². The van der Waals surface area contributed by atoms with Gasteiger partial charge in [0.2, 0.25) is 0 Å². The van der Waals surface area contributed by atoms with E-state index in [1.54, 1.807) is 43.2 Å². The molecule has 0 amide bonds. The number of esters is 1. The van der Waals surface area contributed by atoms with E-state index in [4.69, 9.17) is 4.74 Å². The molecule has 0 aliphatic carbocycles. The first-order valence-electron chi connectivity index (χ1n) is 8.58. The minimum atomic E-state index is -0.297. The van der Waals surface area contributed by atoms with Gasteiger partial charge >= 0.3 is 5.97 Å². The fourth-order valence-electron chi connectivity index (χ4n) is 2.69. The van der Waals surface area contributed by atoms with Gasteiger partial charge in [-0.3, -0.25) is 0 Å². The molecule has 1 aromatic heterocycles. The number of ether oxygens (including phenoxy) is 1. The molecule has 27 heavy (non-hydrogen) atoms. The van der Waals surface area contributed by atoms with Gasteiger partial charge in [-0.25, -0.2) is 14.8 Å². The first-order valence-corrected chi connectivity index (χ1v) is 9.40. The molecule has 0 unspecified atom stereocenters. The van der Waals surface area contributed by atoms with Crippen molar-refractivity contribution in [2.24, 2.45) is 0 Å². The quantitative estimate of drug-likeness (QED) is 0.399.